The quantitative estimate of drug-likeness (QED) is 0.523. The zero-order valence-electron chi connectivity index (χ0n) is 7.19. The third kappa shape index (κ3) is 3.65. The van der Waals surface area contributed by atoms with Crippen LogP contribution < -0.4 is 5.32 Å². The van der Waals surface area contributed by atoms with Crippen molar-refractivity contribution in [2.24, 2.45) is 0 Å². The largest absolute Gasteiger partial charge is 0.351 e. The standard InChI is InChI=1S/C9H8BrI2NO/c10-8-2-1-6(12)5-7(8)9(14)13-4-3-11/h1-2,5H,3-4H2,(H,13,14). The smallest absolute Gasteiger partial charge is 0.252 e. The molecule has 0 aromatic heterocycles. The van der Waals surface area contributed by atoms with E-state index in [0.717, 1.165) is 12.5 Å². The van der Waals surface area contributed by atoms with E-state index in [-0.39, 0.29) is 5.91 Å². The summed E-state index contributed by atoms with van der Waals surface area (Å²) in [5.41, 5.74) is 0.696. The molecule has 0 aliphatic carbocycles. The monoisotopic (exact) mass is 479 g/mol. The molecule has 1 aromatic rings. The Kier molecular flexibility index (Phi) is 5.68. The molecule has 14 heavy (non-hydrogen) atoms. The lowest BCUT2D eigenvalue weighted by atomic mass is 10.2. The van der Waals surface area contributed by atoms with Gasteiger partial charge in [0.15, 0.2) is 0 Å². The van der Waals surface area contributed by atoms with Gasteiger partial charge in [0.05, 0.1) is 5.56 Å². The highest BCUT2D eigenvalue weighted by Crippen LogP contribution is 2.19. The Morgan fingerprint density at radius 1 is 1.50 bits per heavy atom. The van der Waals surface area contributed by atoms with Crippen molar-refractivity contribution in [2.45, 2.75) is 0 Å². The summed E-state index contributed by atoms with van der Waals surface area (Å²) in [5, 5.41) is 2.84. The Labute approximate surface area is 119 Å². The highest BCUT2D eigenvalue weighted by Gasteiger charge is 2.09. The van der Waals surface area contributed by atoms with E-state index in [1.54, 1.807) is 0 Å². The summed E-state index contributed by atoms with van der Waals surface area (Å²) in [6.45, 7) is 0.706. The van der Waals surface area contributed by atoms with Crippen molar-refractivity contribution in [3.05, 3.63) is 31.8 Å². The summed E-state index contributed by atoms with van der Waals surface area (Å²) >= 11 is 7.78. The van der Waals surface area contributed by atoms with Gasteiger partial charge in [-0.2, -0.15) is 0 Å². The van der Waals surface area contributed by atoms with E-state index in [1.165, 1.54) is 0 Å². The highest BCUT2D eigenvalue weighted by atomic mass is 127. The van der Waals surface area contributed by atoms with Crippen molar-refractivity contribution in [2.75, 3.05) is 11.0 Å². The highest BCUT2D eigenvalue weighted by molar-refractivity contribution is 14.1. The summed E-state index contributed by atoms with van der Waals surface area (Å²) < 4.78 is 2.82. The number of hydrogen-bond acceptors (Lipinski definition) is 1. The molecule has 0 saturated heterocycles. The van der Waals surface area contributed by atoms with Crippen molar-refractivity contribution >= 4 is 67.0 Å². The first-order valence-corrected chi connectivity index (χ1v) is 7.34. The maximum atomic E-state index is 11.6. The van der Waals surface area contributed by atoms with Gasteiger partial charge in [0, 0.05) is 19.0 Å². The molecular formula is C9H8BrI2NO. The van der Waals surface area contributed by atoms with E-state index in [4.69, 9.17) is 0 Å². The van der Waals surface area contributed by atoms with Crippen molar-refractivity contribution in [3.63, 3.8) is 0 Å². The van der Waals surface area contributed by atoms with Gasteiger partial charge in [0.1, 0.15) is 0 Å². The van der Waals surface area contributed by atoms with E-state index >= 15 is 0 Å². The Morgan fingerprint density at radius 2 is 2.21 bits per heavy atom. The van der Waals surface area contributed by atoms with Crippen molar-refractivity contribution in [3.8, 4) is 0 Å². The third-order valence-corrected chi connectivity index (χ3v) is 3.45. The van der Waals surface area contributed by atoms with E-state index < -0.39 is 0 Å². The van der Waals surface area contributed by atoms with Crippen LogP contribution in [0.5, 0.6) is 0 Å². The van der Waals surface area contributed by atoms with Gasteiger partial charge < -0.3 is 5.32 Å². The molecule has 0 unspecified atom stereocenters. The second kappa shape index (κ2) is 6.26. The van der Waals surface area contributed by atoms with E-state index in [9.17, 15) is 4.79 Å². The van der Waals surface area contributed by atoms with Crippen molar-refractivity contribution in [1.82, 2.24) is 5.32 Å². The van der Waals surface area contributed by atoms with Gasteiger partial charge in [-0.05, 0) is 56.7 Å². The fourth-order valence-corrected chi connectivity index (χ4v) is 2.12. The first-order chi connectivity index (χ1) is 6.65. The number of alkyl halides is 1. The second-order valence-corrected chi connectivity index (χ2v) is 5.75. The van der Waals surface area contributed by atoms with Gasteiger partial charge in [-0.1, -0.05) is 22.6 Å². The second-order valence-electron chi connectivity index (χ2n) is 2.57. The van der Waals surface area contributed by atoms with Crippen LogP contribution in [0.2, 0.25) is 0 Å². The fraction of sp³-hybridized carbons (Fsp3) is 0.222. The van der Waals surface area contributed by atoms with Gasteiger partial charge in [-0.25, -0.2) is 0 Å². The van der Waals surface area contributed by atoms with Crippen LogP contribution in [0.3, 0.4) is 0 Å². The molecule has 1 rings (SSSR count). The maximum absolute atomic E-state index is 11.6. The van der Waals surface area contributed by atoms with Crippen LogP contribution >= 0.6 is 61.1 Å². The van der Waals surface area contributed by atoms with Crippen molar-refractivity contribution < 1.29 is 4.79 Å². The Morgan fingerprint density at radius 3 is 2.86 bits per heavy atom. The number of carbonyl (C=O) groups excluding carboxylic acids is 1. The van der Waals surface area contributed by atoms with Crippen molar-refractivity contribution in [1.29, 1.82) is 0 Å². The molecule has 0 atom stereocenters. The molecule has 0 spiro atoms. The number of rotatable bonds is 3. The molecule has 2 nitrogen and oxygen atoms in total. The lowest BCUT2D eigenvalue weighted by molar-refractivity contribution is 0.0955. The minimum atomic E-state index is -0.0212. The molecule has 0 radical (unpaired) electrons. The summed E-state index contributed by atoms with van der Waals surface area (Å²) in [5.74, 6) is -0.0212. The minimum Gasteiger partial charge on any atom is -0.351 e. The predicted molar refractivity (Wildman–Crippen MR) is 78.1 cm³/mol. The molecule has 0 fully saturated rings. The molecule has 5 heteroatoms. The van der Waals surface area contributed by atoms with Gasteiger partial charge in [-0.3, -0.25) is 4.79 Å². The first kappa shape index (κ1) is 12.7. The first-order valence-electron chi connectivity index (χ1n) is 3.94. The predicted octanol–water partition coefficient (Wildman–Crippen LogP) is 3.22. The van der Waals surface area contributed by atoms with Crippen LogP contribution in [0.1, 0.15) is 10.4 Å². The molecule has 1 aromatic carbocycles. The normalized spacial score (nSPS) is 9.93. The summed E-state index contributed by atoms with van der Waals surface area (Å²) in [4.78, 5) is 11.6. The molecule has 0 heterocycles. The Bertz CT molecular complexity index is 344. The molecule has 1 amide bonds. The Balaban J connectivity index is 2.83. The third-order valence-electron chi connectivity index (χ3n) is 1.55. The summed E-state index contributed by atoms with van der Waals surface area (Å²) in [6, 6.07) is 5.72. The van der Waals surface area contributed by atoms with Gasteiger partial charge in [0.25, 0.3) is 5.91 Å². The van der Waals surface area contributed by atoms with Gasteiger partial charge in [0.2, 0.25) is 0 Å². The molecule has 1 N–H and O–H groups in total. The van der Waals surface area contributed by atoms with E-state index in [0.29, 0.717) is 12.1 Å². The number of hydrogen-bond donors (Lipinski definition) is 1. The summed E-state index contributed by atoms with van der Waals surface area (Å²) in [6.07, 6.45) is 0. The average molecular weight is 480 g/mol. The van der Waals surface area contributed by atoms with E-state index in [1.807, 2.05) is 18.2 Å². The van der Waals surface area contributed by atoms with Gasteiger partial charge in [-0.15, -0.1) is 0 Å². The lowest BCUT2D eigenvalue weighted by Crippen LogP contribution is -2.25. The number of nitrogens with one attached hydrogen (secondary N) is 1. The van der Waals surface area contributed by atoms with Gasteiger partial charge >= 0.3 is 0 Å². The molecular weight excluding hydrogens is 472 g/mol. The molecule has 76 valence electrons. The SMILES string of the molecule is O=C(NCCI)c1cc(I)ccc1Br. The lowest BCUT2D eigenvalue weighted by Gasteiger charge is -2.05. The molecule has 0 aliphatic heterocycles. The fourth-order valence-electron chi connectivity index (χ4n) is 0.928. The van der Waals surface area contributed by atoms with Crippen LogP contribution in [0, 0.1) is 3.57 Å². The number of halogens is 3. The number of benzene rings is 1. The molecule has 0 saturated carbocycles. The molecule has 0 aliphatic rings. The van der Waals surface area contributed by atoms with Crippen LogP contribution in [0.4, 0.5) is 0 Å². The van der Waals surface area contributed by atoms with E-state index in [2.05, 4.69) is 66.4 Å². The van der Waals surface area contributed by atoms with Crippen LogP contribution in [0.25, 0.3) is 0 Å². The maximum Gasteiger partial charge on any atom is 0.252 e. The Hall–Kier alpha value is 0.630. The summed E-state index contributed by atoms with van der Waals surface area (Å²) in [7, 11) is 0. The zero-order valence-corrected chi connectivity index (χ0v) is 13.1. The van der Waals surface area contributed by atoms with Crippen LogP contribution in [-0.4, -0.2) is 16.9 Å². The number of amides is 1. The molecule has 0 bridgehead atoms. The topological polar surface area (TPSA) is 29.1 Å². The average Bonchev–Trinajstić information content (AvgIpc) is 2.18. The minimum absolute atomic E-state index is 0.0212. The number of carbonyl (C=O) groups is 1. The van der Waals surface area contributed by atoms with Crippen LogP contribution in [0.15, 0.2) is 22.7 Å². The zero-order chi connectivity index (χ0) is 10.6. The van der Waals surface area contributed by atoms with Crippen LogP contribution in [-0.2, 0) is 0 Å².